The van der Waals surface area contributed by atoms with Gasteiger partial charge < -0.3 is 10.1 Å². The number of hydrogen-bond acceptors (Lipinski definition) is 2. The molecule has 3 atom stereocenters. The van der Waals surface area contributed by atoms with Crippen molar-refractivity contribution in [3.63, 3.8) is 0 Å². The molecule has 1 heterocycles. The number of nitrogens with one attached hydrogen (secondary N) is 1. The number of anilines is 1. The Labute approximate surface area is 131 Å². The van der Waals surface area contributed by atoms with Gasteiger partial charge in [-0.05, 0) is 48.6 Å². The smallest absolute Gasteiger partial charge is 0.119 e. The third-order valence-corrected chi connectivity index (χ3v) is 4.80. The minimum absolute atomic E-state index is 0.381. The van der Waals surface area contributed by atoms with E-state index in [-0.39, 0.29) is 0 Å². The molecule has 0 spiro atoms. The van der Waals surface area contributed by atoms with Crippen molar-refractivity contribution in [2.45, 2.75) is 25.3 Å². The summed E-state index contributed by atoms with van der Waals surface area (Å²) in [5.74, 6) is 2.05. The molecule has 0 radical (unpaired) electrons. The van der Waals surface area contributed by atoms with Gasteiger partial charge in [-0.3, -0.25) is 0 Å². The van der Waals surface area contributed by atoms with Gasteiger partial charge in [-0.2, -0.15) is 0 Å². The standard InChI is InChI=1S/C20H21NO/c1-2-22-15-11-12-19-18(13-15)16-9-6-10-17(16)20(21-19)14-7-4-3-5-8-14/h3-9,11-13,16-17,20-21H,2,10H2,1H3/t16-,17+,20+/m1/s1. The fourth-order valence-electron chi connectivity index (χ4n) is 3.82. The van der Waals surface area contributed by atoms with Crippen molar-refractivity contribution in [1.29, 1.82) is 0 Å². The number of fused-ring (bicyclic) bond motifs is 3. The van der Waals surface area contributed by atoms with E-state index < -0.39 is 0 Å². The highest BCUT2D eigenvalue weighted by Gasteiger charge is 2.37. The van der Waals surface area contributed by atoms with Gasteiger partial charge in [0.1, 0.15) is 5.75 Å². The van der Waals surface area contributed by atoms with Crippen molar-refractivity contribution >= 4 is 5.69 Å². The Bertz CT molecular complexity index is 692. The minimum Gasteiger partial charge on any atom is -0.494 e. The second-order valence-corrected chi connectivity index (χ2v) is 6.07. The molecule has 0 bridgehead atoms. The Hall–Kier alpha value is -2.22. The van der Waals surface area contributed by atoms with Gasteiger partial charge in [-0.1, -0.05) is 42.5 Å². The zero-order chi connectivity index (χ0) is 14.9. The van der Waals surface area contributed by atoms with E-state index in [0.717, 1.165) is 12.2 Å². The van der Waals surface area contributed by atoms with E-state index in [1.54, 1.807) is 0 Å². The van der Waals surface area contributed by atoms with Crippen LogP contribution in [0.3, 0.4) is 0 Å². The number of benzene rings is 2. The summed E-state index contributed by atoms with van der Waals surface area (Å²) in [5, 5.41) is 3.76. The Kier molecular flexibility index (Phi) is 3.38. The summed E-state index contributed by atoms with van der Waals surface area (Å²) in [4.78, 5) is 0. The molecular formula is C20H21NO. The Morgan fingerprint density at radius 2 is 2.00 bits per heavy atom. The van der Waals surface area contributed by atoms with E-state index in [2.05, 4.69) is 66.0 Å². The molecule has 0 unspecified atom stereocenters. The number of allylic oxidation sites excluding steroid dienone is 2. The van der Waals surface area contributed by atoms with Crippen LogP contribution in [0.5, 0.6) is 5.75 Å². The molecule has 0 aromatic heterocycles. The van der Waals surface area contributed by atoms with Crippen LogP contribution in [-0.2, 0) is 0 Å². The molecule has 0 saturated carbocycles. The van der Waals surface area contributed by atoms with E-state index in [9.17, 15) is 0 Å². The first-order chi connectivity index (χ1) is 10.9. The number of ether oxygens (including phenoxy) is 1. The van der Waals surface area contributed by atoms with Gasteiger partial charge in [0.05, 0.1) is 12.6 Å². The van der Waals surface area contributed by atoms with E-state index in [0.29, 0.717) is 24.5 Å². The predicted molar refractivity (Wildman–Crippen MR) is 90.4 cm³/mol. The summed E-state index contributed by atoms with van der Waals surface area (Å²) in [6.07, 6.45) is 5.83. The molecule has 2 aromatic rings. The highest BCUT2D eigenvalue weighted by atomic mass is 16.5. The van der Waals surface area contributed by atoms with Crippen LogP contribution in [0.1, 0.15) is 36.4 Å². The van der Waals surface area contributed by atoms with Gasteiger partial charge in [0.25, 0.3) is 0 Å². The average molecular weight is 291 g/mol. The highest BCUT2D eigenvalue weighted by Crippen LogP contribution is 2.50. The third-order valence-electron chi connectivity index (χ3n) is 4.80. The lowest BCUT2D eigenvalue weighted by Gasteiger charge is -2.37. The summed E-state index contributed by atoms with van der Waals surface area (Å²) < 4.78 is 5.68. The van der Waals surface area contributed by atoms with Crippen molar-refractivity contribution in [2.75, 3.05) is 11.9 Å². The molecular weight excluding hydrogens is 270 g/mol. The topological polar surface area (TPSA) is 21.3 Å². The first kappa shape index (κ1) is 13.4. The van der Waals surface area contributed by atoms with E-state index in [4.69, 9.17) is 4.74 Å². The summed E-state index contributed by atoms with van der Waals surface area (Å²) in [6.45, 7) is 2.74. The molecule has 4 rings (SSSR count). The average Bonchev–Trinajstić information content (AvgIpc) is 3.05. The summed E-state index contributed by atoms with van der Waals surface area (Å²) in [7, 11) is 0. The van der Waals surface area contributed by atoms with Crippen LogP contribution in [0, 0.1) is 5.92 Å². The molecule has 22 heavy (non-hydrogen) atoms. The number of rotatable bonds is 3. The minimum atomic E-state index is 0.381. The predicted octanol–water partition coefficient (Wildman–Crippen LogP) is 4.91. The second-order valence-electron chi connectivity index (χ2n) is 6.07. The van der Waals surface area contributed by atoms with Crippen molar-refractivity contribution in [1.82, 2.24) is 0 Å². The number of hydrogen-bond donors (Lipinski definition) is 1. The van der Waals surface area contributed by atoms with Gasteiger partial charge >= 0.3 is 0 Å². The first-order valence-electron chi connectivity index (χ1n) is 8.11. The second kappa shape index (κ2) is 5.53. The summed E-state index contributed by atoms with van der Waals surface area (Å²) in [6, 6.07) is 17.6. The fourth-order valence-corrected chi connectivity index (χ4v) is 3.82. The van der Waals surface area contributed by atoms with Crippen molar-refractivity contribution in [3.8, 4) is 5.75 Å². The molecule has 0 saturated heterocycles. The van der Waals surface area contributed by atoms with Crippen molar-refractivity contribution in [2.24, 2.45) is 5.92 Å². The molecule has 1 N–H and O–H groups in total. The van der Waals surface area contributed by atoms with Gasteiger partial charge in [0, 0.05) is 11.6 Å². The van der Waals surface area contributed by atoms with Crippen LogP contribution < -0.4 is 10.1 Å². The van der Waals surface area contributed by atoms with Gasteiger partial charge in [-0.15, -0.1) is 0 Å². The molecule has 2 aromatic carbocycles. The maximum Gasteiger partial charge on any atom is 0.119 e. The zero-order valence-corrected chi connectivity index (χ0v) is 12.8. The van der Waals surface area contributed by atoms with E-state index in [1.807, 2.05) is 6.92 Å². The lowest BCUT2D eigenvalue weighted by molar-refractivity contribution is 0.338. The molecule has 2 heteroatoms. The van der Waals surface area contributed by atoms with Crippen LogP contribution in [0.2, 0.25) is 0 Å². The molecule has 0 amide bonds. The largest absolute Gasteiger partial charge is 0.494 e. The normalized spacial score (nSPS) is 25.2. The summed E-state index contributed by atoms with van der Waals surface area (Å²) in [5.41, 5.74) is 3.99. The fraction of sp³-hybridized carbons (Fsp3) is 0.300. The third kappa shape index (κ3) is 2.19. The van der Waals surface area contributed by atoms with Crippen LogP contribution in [0.4, 0.5) is 5.69 Å². The first-order valence-corrected chi connectivity index (χ1v) is 8.11. The maximum absolute atomic E-state index is 5.68. The van der Waals surface area contributed by atoms with Crippen LogP contribution >= 0.6 is 0 Å². The summed E-state index contributed by atoms with van der Waals surface area (Å²) >= 11 is 0. The molecule has 1 aliphatic carbocycles. The van der Waals surface area contributed by atoms with Gasteiger partial charge in [0.2, 0.25) is 0 Å². The molecule has 112 valence electrons. The Morgan fingerprint density at radius 1 is 1.14 bits per heavy atom. The quantitative estimate of drug-likeness (QED) is 0.811. The van der Waals surface area contributed by atoms with Crippen LogP contribution in [0.25, 0.3) is 0 Å². The lowest BCUT2D eigenvalue weighted by atomic mass is 9.77. The zero-order valence-electron chi connectivity index (χ0n) is 12.8. The highest BCUT2D eigenvalue weighted by molar-refractivity contribution is 5.61. The lowest BCUT2D eigenvalue weighted by Crippen LogP contribution is -2.29. The van der Waals surface area contributed by atoms with E-state index >= 15 is 0 Å². The monoisotopic (exact) mass is 291 g/mol. The van der Waals surface area contributed by atoms with Crippen LogP contribution in [0.15, 0.2) is 60.7 Å². The van der Waals surface area contributed by atoms with Gasteiger partial charge in [0.15, 0.2) is 0 Å². The SMILES string of the molecule is CCOc1ccc2c(c1)[C@@H]1C=CC[C@@H]1[C@H](c1ccccc1)N2. The Balaban J connectivity index is 1.74. The molecule has 0 fully saturated rings. The van der Waals surface area contributed by atoms with E-state index in [1.165, 1.54) is 16.8 Å². The molecule has 2 aliphatic rings. The maximum atomic E-state index is 5.68. The van der Waals surface area contributed by atoms with Crippen molar-refractivity contribution < 1.29 is 4.74 Å². The van der Waals surface area contributed by atoms with Gasteiger partial charge in [-0.25, -0.2) is 0 Å². The van der Waals surface area contributed by atoms with Crippen LogP contribution in [-0.4, -0.2) is 6.61 Å². The molecule has 2 nitrogen and oxygen atoms in total. The molecule has 1 aliphatic heterocycles. The van der Waals surface area contributed by atoms with Crippen molar-refractivity contribution in [3.05, 3.63) is 71.8 Å². The Morgan fingerprint density at radius 3 is 2.82 bits per heavy atom.